The largest absolute Gasteiger partial charge is 0.491 e. The predicted octanol–water partition coefficient (Wildman–Crippen LogP) is 0.857. The van der Waals surface area contributed by atoms with Crippen LogP contribution in [0.4, 0.5) is 8.78 Å². The third-order valence-electron chi connectivity index (χ3n) is 2.29. The zero-order valence-electron chi connectivity index (χ0n) is 9.20. The van der Waals surface area contributed by atoms with Crippen molar-refractivity contribution in [2.75, 3.05) is 7.11 Å². The van der Waals surface area contributed by atoms with Crippen LogP contribution in [0, 0.1) is 11.6 Å². The van der Waals surface area contributed by atoms with E-state index in [-0.39, 0.29) is 17.0 Å². The molecule has 0 fully saturated rings. The van der Waals surface area contributed by atoms with E-state index in [2.05, 4.69) is 20.1 Å². The van der Waals surface area contributed by atoms with Crippen molar-refractivity contribution in [3.05, 3.63) is 29.5 Å². The average molecular weight is 254 g/mol. The molecule has 0 aliphatic rings. The molecule has 0 aliphatic heterocycles. The van der Waals surface area contributed by atoms with Crippen molar-refractivity contribution in [1.82, 2.24) is 15.4 Å². The molecule has 2 aromatic rings. The Labute approximate surface area is 99.7 Å². The number of hydrogen-bond acceptors (Lipinski definition) is 4. The van der Waals surface area contributed by atoms with Gasteiger partial charge in [-0.05, 0) is 12.1 Å². The molecule has 0 unspecified atom stereocenters. The maximum Gasteiger partial charge on any atom is 0.271 e. The van der Waals surface area contributed by atoms with E-state index in [1.165, 1.54) is 0 Å². The molecule has 0 bridgehead atoms. The number of nitrogens with one attached hydrogen (secondary N) is 1. The number of rotatable bonds is 3. The second kappa shape index (κ2) is 4.40. The molecule has 1 heterocycles. The highest BCUT2D eigenvalue weighted by Crippen LogP contribution is 2.31. The smallest absolute Gasteiger partial charge is 0.271 e. The van der Waals surface area contributed by atoms with Gasteiger partial charge in [-0.2, -0.15) is 15.4 Å². The number of methoxy groups -OCH3 is 1. The summed E-state index contributed by atoms with van der Waals surface area (Å²) in [6.07, 6.45) is 0. The van der Waals surface area contributed by atoms with Crippen molar-refractivity contribution in [3.8, 4) is 17.0 Å². The fourth-order valence-electron chi connectivity index (χ4n) is 1.49. The fraction of sp³-hybridized carbons (Fsp3) is 0.100. The number of ether oxygens (including phenoxy) is 1. The highest BCUT2D eigenvalue weighted by atomic mass is 19.1. The summed E-state index contributed by atoms with van der Waals surface area (Å²) in [6, 6.07) is 2.12. The predicted molar refractivity (Wildman–Crippen MR) is 56.8 cm³/mol. The van der Waals surface area contributed by atoms with Crippen molar-refractivity contribution in [3.63, 3.8) is 0 Å². The van der Waals surface area contributed by atoms with Crippen molar-refractivity contribution in [2.24, 2.45) is 5.73 Å². The lowest BCUT2D eigenvalue weighted by Crippen LogP contribution is -2.13. The summed E-state index contributed by atoms with van der Waals surface area (Å²) in [5.74, 6) is -3.27. The van der Waals surface area contributed by atoms with Crippen LogP contribution in [0.1, 0.15) is 10.5 Å². The molecule has 0 saturated heterocycles. The van der Waals surface area contributed by atoms with E-state index in [9.17, 15) is 13.6 Å². The van der Waals surface area contributed by atoms with Crippen LogP contribution in [0.2, 0.25) is 0 Å². The van der Waals surface area contributed by atoms with Crippen LogP contribution >= 0.6 is 0 Å². The van der Waals surface area contributed by atoms with E-state index >= 15 is 0 Å². The van der Waals surface area contributed by atoms with Crippen LogP contribution in [-0.4, -0.2) is 28.4 Å². The number of halogens is 2. The van der Waals surface area contributed by atoms with Crippen LogP contribution in [0.25, 0.3) is 11.3 Å². The number of benzene rings is 1. The second-order valence-electron chi connectivity index (χ2n) is 3.33. The van der Waals surface area contributed by atoms with Gasteiger partial charge >= 0.3 is 0 Å². The number of amides is 1. The Morgan fingerprint density at radius 1 is 1.39 bits per heavy atom. The quantitative estimate of drug-likeness (QED) is 0.849. The molecule has 8 heteroatoms. The number of carbonyl (C=O) groups excluding carboxylic acids is 1. The molecule has 3 N–H and O–H groups in total. The van der Waals surface area contributed by atoms with Gasteiger partial charge in [-0.15, -0.1) is 0 Å². The minimum absolute atomic E-state index is 0.0988. The van der Waals surface area contributed by atoms with E-state index in [1.54, 1.807) is 0 Å². The Hall–Kier alpha value is -2.51. The lowest BCUT2D eigenvalue weighted by atomic mass is 10.1. The van der Waals surface area contributed by atoms with Crippen LogP contribution < -0.4 is 10.5 Å². The van der Waals surface area contributed by atoms with Gasteiger partial charge in [0.2, 0.25) is 0 Å². The number of nitrogens with zero attached hydrogens (tertiary/aromatic N) is 2. The fourth-order valence-corrected chi connectivity index (χ4v) is 1.49. The van der Waals surface area contributed by atoms with Gasteiger partial charge in [0.15, 0.2) is 23.1 Å². The minimum Gasteiger partial charge on any atom is -0.491 e. The maximum atomic E-state index is 13.9. The molecule has 0 saturated carbocycles. The van der Waals surface area contributed by atoms with Gasteiger partial charge in [0.05, 0.1) is 7.11 Å². The summed E-state index contributed by atoms with van der Waals surface area (Å²) in [5.41, 5.74) is 4.60. The van der Waals surface area contributed by atoms with E-state index in [0.29, 0.717) is 0 Å². The van der Waals surface area contributed by atoms with E-state index in [0.717, 1.165) is 19.2 Å². The van der Waals surface area contributed by atoms with Crippen molar-refractivity contribution < 1.29 is 18.3 Å². The molecule has 0 radical (unpaired) electrons. The molecule has 0 spiro atoms. The normalized spacial score (nSPS) is 10.4. The molecule has 6 nitrogen and oxygen atoms in total. The van der Waals surface area contributed by atoms with Gasteiger partial charge < -0.3 is 10.5 Å². The first kappa shape index (κ1) is 12.0. The van der Waals surface area contributed by atoms with Gasteiger partial charge in [-0.25, -0.2) is 8.78 Å². The number of primary amides is 1. The second-order valence-corrected chi connectivity index (χ2v) is 3.33. The Bertz CT molecular complexity index is 612. The molecule has 2 rings (SSSR count). The number of carbonyl (C=O) groups is 1. The first-order chi connectivity index (χ1) is 8.56. The monoisotopic (exact) mass is 254 g/mol. The highest BCUT2D eigenvalue weighted by Gasteiger charge is 2.22. The molecule has 0 atom stereocenters. The van der Waals surface area contributed by atoms with Crippen LogP contribution in [-0.2, 0) is 0 Å². The third-order valence-corrected chi connectivity index (χ3v) is 2.29. The lowest BCUT2D eigenvalue weighted by molar-refractivity contribution is 0.0996. The van der Waals surface area contributed by atoms with Crippen LogP contribution in [0.5, 0.6) is 5.75 Å². The first-order valence-electron chi connectivity index (χ1n) is 4.79. The van der Waals surface area contributed by atoms with Gasteiger partial charge in [0.1, 0.15) is 5.69 Å². The molecule has 1 amide bonds. The van der Waals surface area contributed by atoms with Crippen molar-refractivity contribution >= 4 is 5.91 Å². The number of aromatic nitrogens is 3. The molecule has 94 valence electrons. The van der Waals surface area contributed by atoms with Crippen LogP contribution in [0.15, 0.2) is 12.1 Å². The number of nitrogens with two attached hydrogens (primary N) is 1. The highest BCUT2D eigenvalue weighted by molar-refractivity contribution is 5.96. The minimum atomic E-state index is -0.978. The molecule has 1 aromatic heterocycles. The van der Waals surface area contributed by atoms with Gasteiger partial charge in [-0.1, -0.05) is 0 Å². The third kappa shape index (κ3) is 1.77. The zero-order valence-corrected chi connectivity index (χ0v) is 9.20. The summed E-state index contributed by atoms with van der Waals surface area (Å²) in [4.78, 5) is 11.1. The molecule has 18 heavy (non-hydrogen) atoms. The molecular weight excluding hydrogens is 246 g/mol. The average Bonchev–Trinajstić information content (AvgIpc) is 2.78. The topological polar surface area (TPSA) is 93.9 Å². The Kier molecular flexibility index (Phi) is 2.92. The number of hydrogen-bond donors (Lipinski definition) is 2. The van der Waals surface area contributed by atoms with Gasteiger partial charge in [-0.3, -0.25) is 4.79 Å². The van der Waals surface area contributed by atoms with Gasteiger partial charge in [0.25, 0.3) is 5.91 Å². The number of H-pyrrole nitrogens is 1. The Balaban J connectivity index is 2.65. The van der Waals surface area contributed by atoms with E-state index in [1.807, 2.05) is 0 Å². The molecular formula is C10H8F2N4O2. The van der Waals surface area contributed by atoms with E-state index in [4.69, 9.17) is 5.73 Å². The first-order valence-corrected chi connectivity index (χ1v) is 4.79. The summed E-state index contributed by atoms with van der Waals surface area (Å²) in [5, 5.41) is 9.27. The standard InChI is InChI=1S/C10H8F2N4O2/c1-18-9-5(11)3-2-4(6(9)12)7-8(10(13)17)15-16-14-7/h2-3H,1H3,(H2,13,17)(H,14,15,16). The molecule has 0 aliphatic carbocycles. The lowest BCUT2D eigenvalue weighted by Gasteiger charge is -2.06. The zero-order chi connectivity index (χ0) is 13.3. The maximum absolute atomic E-state index is 13.9. The summed E-state index contributed by atoms with van der Waals surface area (Å²) in [7, 11) is 1.13. The van der Waals surface area contributed by atoms with Gasteiger partial charge in [0, 0.05) is 5.56 Å². The summed E-state index contributed by atoms with van der Waals surface area (Å²) >= 11 is 0. The van der Waals surface area contributed by atoms with Crippen molar-refractivity contribution in [1.29, 1.82) is 0 Å². The van der Waals surface area contributed by atoms with Crippen LogP contribution in [0.3, 0.4) is 0 Å². The summed E-state index contributed by atoms with van der Waals surface area (Å²) in [6.45, 7) is 0. The van der Waals surface area contributed by atoms with Crippen molar-refractivity contribution in [2.45, 2.75) is 0 Å². The Morgan fingerprint density at radius 2 is 2.11 bits per heavy atom. The number of aromatic amines is 1. The molecule has 1 aromatic carbocycles. The Morgan fingerprint density at radius 3 is 2.72 bits per heavy atom. The van der Waals surface area contributed by atoms with E-state index < -0.39 is 23.3 Å². The summed E-state index contributed by atoms with van der Waals surface area (Å²) < 4.78 is 31.8. The SMILES string of the molecule is COc1c(F)ccc(-c2n[nH]nc2C(N)=O)c1F.